The van der Waals surface area contributed by atoms with E-state index in [1.165, 1.54) is 24.3 Å². The van der Waals surface area contributed by atoms with E-state index in [2.05, 4.69) is 10.1 Å². The van der Waals surface area contributed by atoms with Crippen LogP contribution in [-0.4, -0.2) is 18.6 Å². The van der Waals surface area contributed by atoms with Gasteiger partial charge in [-0.2, -0.15) is 13.4 Å². The molecule has 0 radical (unpaired) electrons. The summed E-state index contributed by atoms with van der Waals surface area (Å²) in [5.41, 5.74) is 0.591. The summed E-state index contributed by atoms with van der Waals surface area (Å²) in [6.07, 6.45) is 0. The van der Waals surface area contributed by atoms with Crippen LogP contribution >= 0.6 is 0 Å². The highest BCUT2D eigenvalue weighted by Crippen LogP contribution is 2.23. The molecule has 9 heteroatoms. The first-order valence-electron chi connectivity index (χ1n) is 6.65. The van der Waals surface area contributed by atoms with E-state index in [4.69, 9.17) is 8.71 Å². The molecule has 0 fully saturated rings. The van der Waals surface area contributed by atoms with Crippen molar-refractivity contribution in [2.45, 2.75) is 11.8 Å². The molecule has 0 atom stereocenters. The van der Waals surface area contributed by atoms with Crippen LogP contribution in [0.1, 0.15) is 5.89 Å². The third-order valence-corrected chi connectivity index (χ3v) is 4.20. The number of aromatic nitrogens is 2. The molecule has 0 bridgehead atoms. The molecule has 6 nitrogen and oxygen atoms in total. The van der Waals surface area contributed by atoms with Crippen LogP contribution in [0.4, 0.5) is 8.78 Å². The zero-order valence-corrected chi connectivity index (χ0v) is 13.0. The van der Waals surface area contributed by atoms with Gasteiger partial charge in [0.2, 0.25) is 11.7 Å². The lowest BCUT2D eigenvalue weighted by molar-refractivity contribution is 0.394. The minimum absolute atomic E-state index is 0.0244. The van der Waals surface area contributed by atoms with Crippen LogP contribution in [0.5, 0.6) is 5.75 Å². The Morgan fingerprint density at radius 2 is 1.67 bits per heavy atom. The van der Waals surface area contributed by atoms with Crippen LogP contribution < -0.4 is 4.18 Å². The first-order chi connectivity index (χ1) is 11.3. The summed E-state index contributed by atoms with van der Waals surface area (Å²) >= 11 is 0. The van der Waals surface area contributed by atoms with Crippen LogP contribution in [0.25, 0.3) is 11.4 Å². The van der Waals surface area contributed by atoms with Crippen molar-refractivity contribution >= 4 is 10.1 Å². The van der Waals surface area contributed by atoms with E-state index in [0.717, 1.165) is 0 Å². The van der Waals surface area contributed by atoms with Gasteiger partial charge in [-0.25, -0.2) is 8.78 Å². The van der Waals surface area contributed by atoms with Gasteiger partial charge in [0.05, 0.1) is 0 Å². The van der Waals surface area contributed by atoms with Crippen molar-refractivity contribution in [1.29, 1.82) is 0 Å². The number of halogens is 2. The van der Waals surface area contributed by atoms with E-state index in [-0.39, 0.29) is 5.75 Å². The van der Waals surface area contributed by atoms with E-state index in [1.807, 2.05) is 0 Å². The van der Waals surface area contributed by atoms with Crippen LogP contribution in [0, 0.1) is 18.6 Å². The van der Waals surface area contributed by atoms with Gasteiger partial charge in [-0.15, -0.1) is 0 Å². The van der Waals surface area contributed by atoms with Gasteiger partial charge in [0.25, 0.3) is 0 Å². The zero-order valence-electron chi connectivity index (χ0n) is 12.2. The predicted octanol–water partition coefficient (Wildman–Crippen LogP) is 3.09. The number of rotatable bonds is 4. The van der Waals surface area contributed by atoms with Gasteiger partial charge in [-0.3, -0.25) is 0 Å². The minimum Gasteiger partial charge on any atom is -0.379 e. The Morgan fingerprint density at radius 3 is 2.21 bits per heavy atom. The Hall–Kier alpha value is -2.81. The maximum absolute atomic E-state index is 13.2. The third kappa shape index (κ3) is 3.40. The monoisotopic (exact) mass is 352 g/mol. The normalized spacial score (nSPS) is 11.5. The van der Waals surface area contributed by atoms with Gasteiger partial charge in [-0.1, -0.05) is 5.16 Å². The number of benzene rings is 2. The molecule has 3 aromatic rings. The molecule has 0 unspecified atom stereocenters. The average molecular weight is 352 g/mol. The van der Waals surface area contributed by atoms with Crippen LogP contribution in [0.3, 0.4) is 0 Å². The lowest BCUT2D eigenvalue weighted by Gasteiger charge is -2.07. The molecule has 0 saturated carbocycles. The highest BCUT2D eigenvalue weighted by molar-refractivity contribution is 7.87. The highest BCUT2D eigenvalue weighted by Gasteiger charge is 2.19. The van der Waals surface area contributed by atoms with E-state index in [1.54, 1.807) is 6.92 Å². The molecule has 0 aliphatic rings. The third-order valence-electron chi connectivity index (χ3n) is 2.97. The summed E-state index contributed by atoms with van der Waals surface area (Å²) in [6, 6.07) is 7.72. The fraction of sp³-hybridized carbons (Fsp3) is 0.0667. The van der Waals surface area contributed by atoms with Crippen LogP contribution in [0.15, 0.2) is 51.9 Å². The zero-order chi connectivity index (χ0) is 17.3. The molecule has 0 saturated heterocycles. The Balaban J connectivity index is 1.85. The van der Waals surface area contributed by atoms with E-state index in [0.29, 0.717) is 35.5 Å². The first kappa shape index (κ1) is 16.1. The smallest absolute Gasteiger partial charge is 0.339 e. The molecule has 124 valence electrons. The van der Waals surface area contributed by atoms with Gasteiger partial charge in [0, 0.05) is 18.6 Å². The van der Waals surface area contributed by atoms with Gasteiger partial charge in [0.15, 0.2) is 0 Å². The summed E-state index contributed by atoms with van der Waals surface area (Å²) in [5, 5.41) is 3.73. The second-order valence-electron chi connectivity index (χ2n) is 4.80. The molecule has 0 spiro atoms. The standard InChI is InChI=1S/C15H10F2N2O4S/c1-9-18-15(19-22-9)10-2-4-13(5-3-10)23-24(20,21)14-7-11(16)6-12(17)8-14/h2-8H,1H3. The highest BCUT2D eigenvalue weighted by atomic mass is 32.2. The van der Waals surface area contributed by atoms with Crippen LogP contribution in [0.2, 0.25) is 0 Å². The molecular formula is C15H10F2N2O4S. The number of hydrogen-bond donors (Lipinski definition) is 0. The molecule has 1 aromatic heterocycles. The maximum atomic E-state index is 13.2. The Morgan fingerprint density at radius 1 is 1.04 bits per heavy atom. The molecule has 0 aliphatic heterocycles. The van der Waals surface area contributed by atoms with Crippen molar-refractivity contribution < 1.29 is 25.9 Å². The van der Waals surface area contributed by atoms with Crippen molar-refractivity contribution in [3.05, 3.63) is 60.0 Å². The predicted molar refractivity (Wildman–Crippen MR) is 78.6 cm³/mol. The number of aryl methyl sites for hydroxylation is 1. The minimum atomic E-state index is -4.36. The van der Waals surface area contributed by atoms with Crippen LogP contribution in [-0.2, 0) is 10.1 Å². The van der Waals surface area contributed by atoms with Gasteiger partial charge in [-0.05, 0) is 36.4 Å². The van der Waals surface area contributed by atoms with Gasteiger partial charge >= 0.3 is 10.1 Å². The lowest BCUT2D eigenvalue weighted by Crippen LogP contribution is -2.10. The van der Waals surface area contributed by atoms with Crippen molar-refractivity contribution in [2.24, 2.45) is 0 Å². The van der Waals surface area contributed by atoms with Gasteiger partial charge in [0.1, 0.15) is 22.3 Å². The molecule has 3 rings (SSSR count). The second-order valence-corrected chi connectivity index (χ2v) is 6.35. The summed E-state index contributed by atoms with van der Waals surface area (Å²) in [5.74, 6) is -1.32. The molecule has 0 amide bonds. The van der Waals surface area contributed by atoms with Gasteiger partial charge < -0.3 is 8.71 Å². The number of hydrogen-bond acceptors (Lipinski definition) is 6. The number of nitrogens with zero attached hydrogens (tertiary/aromatic N) is 2. The largest absolute Gasteiger partial charge is 0.379 e. The van der Waals surface area contributed by atoms with Crippen molar-refractivity contribution in [3.8, 4) is 17.1 Å². The SMILES string of the molecule is Cc1nc(-c2ccc(OS(=O)(=O)c3cc(F)cc(F)c3)cc2)no1. The summed E-state index contributed by atoms with van der Waals surface area (Å²) in [7, 11) is -4.36. The topological polar surface area (TPSA) is 82.3 Å². The summed E-state index contributed by atoms with van der Waals surface area (Å²) in [6.45, 7) is 1.64. The molecule has 0 N–H and O–H groups in total. The Labute approximate surface area is 135 Å². The quantitative estimate of drug-likeness (QED) is 0.671. The first-order valence-corrected chi connectivity index (χ1v) is 8.06. The maximum Gasteiger partial charge on any atom is 0.339 e. The molecular weight excluding hydrogens is 342 g/mol. The Kier molecular flexibility index (Phi) is 4.02. The lowest BCUT2D eigenvalue weighted by atomic mass is 10.2. The van der Waals surface area contributed by atoms with E-state index in [9.17, 15) is 17.2 Å². The van der Waals surface area contributed by atoms with E-state index >= 15 is 0 Å². The van der Waals surface area contributed by atoms with Crippen molar-refractivity contribution in [1.82, 2.24) is 10.1 Å². The summed E-state index contributed by atoms with van der Waals surface area (Å²) < 4.78 is 60.2. The van der Waals surface area contributed by atoms with Crippen molar-refractivity contribution in [3.63, 3.8) is 0 Å². The molecule has 2 aromatic carbocycles. The average Bonchev–Trinajstić information content (AvgIpc) is 2.93. The van der Waals surface area contributed by atoms with E-state index < -0.39 is 26.6 Å². The fourth-order valence-electron chi connectivity index (χ4n) is 1.92. The molecule has 0 aliphatic carbocycles. The second kappa shape index (κ2) is 6.00. The van der Waals surface area contributed by atoms with Crippen molar-refractivity contribution in [2.75, 3.05) is 0 Å². The Bertz CT molecular complexity index is 965. The molecule has 1 heterocycles. The summed E-state index contributed by atoms with van der Waals surface area (Å²) in [4.78, 5) is 3.42. The molecule has 24 heavy (non-hydrogen) atoms. The fourth-order valence-corrected chi connectivity index (χ4v) is 2.90.